The van der Waals surface area contributed by atoms with Crippen molar-refractivity contribution >= 4 is 0 Å². The van der Waals surface area contributed by atoms with Gasteiger partial charge in [0.15, 0.2) is 0 Å². The average Bonchev–Trinajstić information content (AvgIpc) is 2.42. The van der Waals surface area contributed by atoms with Crippen molar-refractivity contribution < 1.29 is 4.74 Å². The third-order valence-electron chi connectivity index (χ3n) is 3.04. The quantitative estimate of drug-likeness (QED) is 0.798. The van der Waals surface area contributed by atoms with Crippen molar-refractivity contribution in [1.29, 1.82) is 0 Å². The highest BCUT2D eigenvalue weighted by molar-refractivity contribution is 5.35. The van der Waals surface area contributed by atoms with E-state index in [2.05, 4.69) is 55.6 Å². The van der Waals surface area contributed by atoms with Gasteiger partial charge >= 0.3 is 0 Å². The zero-order chi connectivity index (χ0) is 13.5. The van der Waals surface area contributed by atoms with E-state index in [1.807, 2.05) is 12.1 Å². The molecule has 0 unspecified atom stereocenters. The number of rotatable bonds is 6. The summed E-state index contributed by atoms with van der Waals surface area (Å²) in [5.41, 5.74) is 3.77. The first kappa shape index (κ1) is 13.6. The number of benzene rings is 2. The minimum atomic E-state index is 0.691. The molecule has 0 amide bonds. The van der Waals surface area contributed by atoms with Gasteiger partial charge in [0.1, 0.15) is 12.4 Å². The summed E-state index contributed by atoms with van der Waals surface area (Å²) >= 11 is 0. The SMILES string of the molecule is Cc1ccc(OCCNCc2ccccc2)c(C)c1. The molecule has 2 aromatic rings. The zero-order valence-electron chi connectivity index (χ0n) is 11.6. The summed E-state index contributed by atoms with van der Waals surface area (Å²) in [5.74, 6) is 0.979. The second kappa shape index (κ2) is 6.95. The summed E-state index contributed by atoms with van der Waals surface area (Å²) < 4.78 is 5.77. The Labute approximate surface area is 115 Å². The van der Waals surface area contributed by atoms with Crippen molar-refractivity contribution in [2.24, 2.45) is 0 Å². The Kier molecular flexibility index (Phi) is 4.99. The Morgan fingerprint density at radius 1 is 1.00 bits per heavy atom. The second-order valence-electron chi connectivity index (χ2n) is 4.78. The fraction of sp³-hybridized carbons (Fsp3) is 0.294. The van der Waals surface area contributed by atoms with E-state index in [1.165, 1.54) is 16.7 Å². The third kappa shape index (κ3) is 4.42. The average molecular weight is 255 g/mol. The van der Waals surface area contributed by atoms with E-state index in [0.29, 0.717) is 6.61 Å². The smallest absolute Gasteiger partial charge is 0.122 e. The summed E-state index contributed by atoms with van der Waals surface area (Å²) in [6.07, 6.45) is 0. The molecule has 19 heavy (non-hydrogen) atoms. The van der Waals surface area contributed by atoms with Crippen molar-refractivity contribution in [3.05, 3.63) is 65.2 Å². The monoisotopic (exact) mass is 255 g/mol. The van der Waals surface area contributed by atoms with E-state index >= 15 is 0 Å². The number of hydrogen-bond donors (Lipinski definition) is 1. The maximum absolute atomic E-state index is 5.77. The van der Waals surface area contributed by atoms with Crippen LogP contribution in [0.3, 0.4) is 0 Å². The molecular formula is C17H21NO. The Bertz CT molecular complexity index is 508. The molecule has 0 atom stereocenters. The van der Waals surface area contributed by atoms with E-state index in [-0.39, 0.29) is 0 Å². The minimum Gasteiger partial charge on any atom is -0.492 e. The van der Waals surface area contributed by atoms with Crippen LogP contribution in [0.2, 0.25) is 0 Å². The summed E-state index contributed by atoms with van der Waals surface area (Å²) in [4.78, 5) is 0. The second-order valence-corrected chi connectivity index (χ2v) is 4.78. The lowest BCUT2D eigenvalue weighted by atomic mass is 10.1. The van der Waals surface area contributed by atoms with E-state index in [4.69, 9.17) is 4.74 Å². The molecule has 0 aromatic heterocycles. The molecule has 0 radical (unpaired) electrons. The molecule has 2 aromatic carbocycles. The van der Waals surface area contributed by atoms with Crippen LogP contribution in [0, 0.1) is 13.8 Å². The van der Waals surface area contributed by atoms with Crippen LogP contribution in [0.25, 0.3) is 0 Å². The number of hydrogen-bond acceptors (Lipinski definition) is 2. The maximum atomic E-state index is 5.77. The molecule has 0 spiro atoms. The van der Waals surface area contributed by atoms with Gasteiger partial charge in [-0.05, 0) is 31.0 Å². The van der Waals surface area contributed by atoms with Crippen LogP contribution in [0.15, 0.2) is 48.5 Å². The molecule has 0 fully saturated rings. The van der Waals surface area contributed by atoms with Gasteiger partial charge in [-0.1, -0.05) is 48.0 Å². The molecule has 0 bridgehead atoms. The molecule has 0 saturated heterocycles. The fourth-order valence-corrected chi connectivity index (χ4v) is 2.02. The summed E-state index contributed by atoms with van der Waals surface area (Å²) in [6.45, 7) is 6.61. The predicted octanol–water partition coefficient (Wildman–Crippen LogP) is 3.47. The molecular weight excluding hydrogens is 234 g/mol. The van der Waals surface area contributed by atoms with Gasteiger partial charge in [0.25, 0.3) is 0 Å². The van der Waals surface area contributed by atoms with Crippen molar-refractivity contribution in [1.82, 2.24) is 5.32 Å². The molecule has 1 N–H and O–H groups in total. The van der Waals surface area contributed by atoms with Crippen LogP contribution in [0.1, 0.15) is 16.7 Å². The van der Waals surface area contributed by atoms with Crippen LogP contribution in [0.4, 0.5) is 0 Å². The fourth-order valence-electron chi connectivity index (χ4n) is 2.02. The molecule has 0 aliphatic heterocycles. The first-order chi connectivity index (χ1) is 9.25. The standard InChI is InChI=1S/C17H21NO/c1-14-8-9-17(15(2)12-14)19-11-10-18-13-16-6-4-3-5-7-16/h3-9,12,18H,10-11,13H2,1-2H3. The van der Waals surface area contributed by atoms with Gasteiger partial charge < -0.3 is 10.1 Å². The Hall–Kier alpha value is -1.80. The molecule has 100 valence electrons. The van der Waals surface area contributed by atoms with Gasteiger partial charge in [0, 0.05) is 13.1 Å². The zero-order valence-corrected chi connectivity index (χ0v) is 11.6. The van der Waals surface area contributed by atoms with Crippen LogP contribution in [-0.2, 0) is 6.54 Å². The van der Waals surface area contributed by atoms with E-state index in [9.17, 15) is 0 Å². The Balaban J connectivity index is 1.69. The lowest BCUT2D eigenvalue weighted by molar-refractivity contribution is 0.311. The predicted molar refractivity (Wildman–Crippen MR) is 79.6 cm³/mol. The topological polar surface area (TPSA) is 21.3 Å². The van der Waals surface area contributed by atoms with Crippen molar-refractivity contribution in [2.45, 2.75) is 20.4 Å². The number of aryl methyl sites for hydroxylation is 2. The molecule has 0 aliphatic rings. The molecule has 0 heterocycles. The minimum absolute atomic E-state index is 0.691. The van der Waals surface area contributed by atoms with Crippen LogP contribution in [-0.4, -0.2) is 13.2 Å². The number of ether oxygens (including phenoxy) is 1. The lowest BCUT2D eigenvalue weighted by Gasteiger charge is -2.10. The third-order valence-corrected chi connectivity index (χ3v) is 3.04. The first-order valence-electron chi connectivity index (χ1n) is 6.70. The highest BCUT2D eigenvalue weighted by atomic mass is 16.5. The lowest BCUT2D eigenvalue weighted by Crippen LogP contribution is -2.20. The van der Waals surface area contributed by atoms with E-state index in [1.54, 1.807) is 0 Å². The van der Waals surface area contributed by atoms with Crippen molar-refractivity contribution in [3.8, 4) is 5.75 Å². The molecule has 0 aliphatic carbocycles. The highest BCUT2D eigenvalue weighted by Gasteiger charge is 1.99. The van der Waals surface area contributed by atoms with Crippen LogP contribution < -0.4 is 10.1 Å². The van der Waals surface area contributed by atoms with Gasteiger partial charge in [0.2, 0.25) is 0 Å². The van der Waals surface area contributed by atoms with E-state index in [0.717, 1.165) is 18.8 Å². The highest BCUT2D eigenvalue weighted by Crippen LogP contribution is 2.18. The van der Waals surface area contributed by atoms with Crippen molar-refractivity contribution in [2.75, 3.05) is 13.2 Å². The Morgan fingerprint density at radius 2 is 1.79 bits per heavy atom. The van der Waals surface area contributed by atoms with Gasteiger partial charge in [-0.25, -0.2) is 0 Å². The molecule has 2 nitrogen and oxygen atoms in total. The Morgan fingerprint density at radius 3 is 2.53 bits per heavy atom. The van der Waals surface area contributed by atoms with Crippen LogP contribution in [0.5, 0.6) is 5.75 Å². The van der Waals surface area contributed by atoms with Crippen LogP contribution >= 0.6 is 0 Å². The van der Waals surface area contributed by atoms with Crippen molar-refractivity contribution in [3.63, 3.8) is 0 Å². The van der Waals surface area contributed by atoms with Gasteiger partial charge in [-0.2, -0.15) is 0 Å². The first-order valence-corrected chi connectivity index (χ1v) is 6.70. The van der Waals surface area contributed by atoms with Gasteiger partial charge in [0.05, 0.1) is 0 Å². The molecule has 2 rings (SSSR count). The summed E-state index contributed by atoms with van der Waals surface area (Å²) in [6, 6.07) is 16.7. The molecule has 0 saturated carbocycles. The number of nitrogens with one attached hydrogen (secondary N) is 1. The maximum Gasteiger partial charge on any atom is 0.122 e. The normalized spacial score (nSPS) is 10.4. The largest absolute Gasteiger partial charge is 0.492 e. The molecule has 2 heteroatoms. The van der Waals surface area contributed by atoms with Gasteiger partial charge in [-0.15, -0.1) is 0 Å². The van der Waals surface area contributed by atoms with Gasteiger partial charge in [-0.3, -0.25) is 0 Å². The summed E-state index contributed by atoms with van der Waals surface area (Å²) in [7, 11) is 0. The van der Waals surface area contributed by atoms with E-state index < -0.39 is 0 Å². The summed E-state index contributed by atoms with van der Waals surface area (Å²) in [5, 5.41) is 3.38.